The van der Waals surface area contributed by atoms with Gasteiger partial charge >= 0.3 is 0 Å². The van der Waals surface area contributed by atoms with Crippen molar-refractivity contribution in [1.29, 1.82) is 0 Å². The maximum absolute atomic E-state index is 13.8. The van der Waals surface area contributed by atoms with Gasteiger partial charge in [-0.15, -0.1) is 10.2 Å². The van der Waals surface area contributed by atoms with Gasteiger partial charge < -0.3 is 14.2 Å². The summed E-state index contributed by atoms with van der Waals surface area (Å²) in [5.41, 5.74) is 0.262. The van der Waals surface area contributed by atoms with E-state index in [1.54, 1.807) is 24.4 Å². The average Bonchev–Trinajstić information content (AvgIpc) is 3.22. The smallest absolute Gasteiger partial charge is 0.250 e. The van der Waals surface area contributed by atoms with E-state index in [2.05, 4.69) is 20.1 Å². The summed E-state index contributed by atoms with van der Waals surface area (Å²) in [6.07, 6.45) is 2.38. The highest BCUT2D eigenvalue weighted by Crippen LogP contribution is 2.21. The quantitative estimate of drug-likeness (QED) is 0.676. The van der Waals surface area contributed by atoms with Crippen molar-refractivity contribution in [2.24, 2.45) is 0 Å². The molecule has 2 aromatic heterocycles. The van der Waals surface area contributed by atoms with Crippen molar-refractivity contribution >= 4 is 11.7 Å². The van der Waals surface area contributed by atoms with Crippen LogP contribution in [0.15, 0.2) is 53.1 Å². The number of aryl methyl sites for hydroxylation is 1. The highest BCUT2D eigenvalue weighted by Gasteiger charge is 2.22. The first-order valence-corrected chi connectivity index (χ1v) is 9.22. The van der Waals surface area contributed by atoms with Crippen molar-refractivity contribution in [2.45, 2.75) is 12.8 Å². The number of piperazine rings is 1. The Morgan fingerprint density at radius 3 is 2.57 bits per heavy atom. The molecule has 0 radical (unpaired) electrons. The van der Waals surface area contributed by atoms with E-state index in [1.165, 1.54) is 6.07 Å². The number of benzene rings is 1. The molecule has 1 amide bonds. The fourth-order valence-corrected chi connectivity index (χ4v) is 3.20. The van der Waals surface area contributed by atoms with E-state index in [-0.39, 0.29) is 23.8 Å². The molecule has 0 N–H and O–H groups in total. The zero-order valence-corrected chi connectivity index (χ0v) is 15.3. The van der Waals surface area contributed by atoms with Gasteiger partial charge in [0.05, 0.1) is 5.56 Å². The predicted octanol–water partition coefficient (Wildman–Crippen LogP) is 2.55. The first-order valence-electron chi connectivity index (χ1n) is 9.22. The highest BCUT2D eigenvalue weighted by molar-refractivity contribution is 5.76. The Morgan fingerprint density at radius 2 is 1.82 bits per heavy atom. The molecular formula is C20H20FN5O2. The van der Waals surface area contributed by atoms with Crippen LogP contribution in [-0.4, -0.2) is 52.2 Å². The molecule has 0 bridgehead atoms. The molecule has 3 heterocycles. The van der Waals surface area contributed by atoms with Crippen molar-refractivity contribution in [3.63, 3.8) is 0 Å². The number of aromatic nitrogens is 3. The van der Waals surface area contributed by atoms with Crippen LogP contribution < -0.4 is 4.90 Å². The maximum Gasteiger partial charge on any atom is 0.250 e. The second-order valence-corrected chi connectivity index (χ2v) is 6.54. The van der Waals surface area contributed by atoms with E-state index >= 15 is 0 Å². The molecule has 144 valence electrons. The number of hydrogen-bond donors (Lipinski definition) is 0. The van der Waals surface area contributed by atoms with Crippen molar-refractivity contribution in [3.8, 4) is 11.5 Å². The second-order valence-electron chi connectivity index (χ2n) is 6.54. The molecule has 0 atom stereocenters. The number of rotatable bonds is 5. The third-order valence-corrected chi connectivity index (χ3v) is 4.73. The second kappa shape index (κ2) is 8.16. The average molecular weight is 381 g/mol. The minimum absolute atomic E-state index is 0.0475. The Labute approximate surface area is 161 Å². The number of carbonyl (C=O) groups is 1. The first-order chi connectivity index (χ1) is 13.7. The molecule has 1 aromatic carbocycles. The molecule has 0 unspecified atom stereocenters. The molecule has 0 spiro atoms. The first kappa shape index (κ1) is 18.1. The number of amides is 1. The molecule has 8 heteroatoms. The zero-order valence-electron chi connectivity index (χ0n) is 15.3. The van der Waals surface area contributed by atoms with Gasteiger partial charge in [0.2, 0.25) is 11.8 Å². The van der Waals surface area contributed by atoms with E-state index in [0.29, 0.717) is 25.4 Å². The number of anilines is 1. The molecule has 1 saturated heterocycles. The summed E-state index contributed by atoms with van der Waals surface area (Å²) in [6, 6.07) is 12.0. The van der Waals surface area contributed by atoms with Crippen LogP contribution in [0, 0.1) is 5.82 Å². The highest BCUT2D eigenvalue weighted by atomic mass is 19.1. The summed E-state index contributed by atoms with van der Waals surface area (Å²) in [5.74, 6) is 1.02. The van der Waals surface area contributed by atoms with Gasteiger partial charge in [-0.2, -0.15) is 0 Å². The lowest BCUT2D eigenvalue weighted by Gasteiger charge is -2.35. The van der Waals surface area contributed by atoms with Gasteiger partial charge in [0, 0.05) is 45.2 Å². The molecule has 1 aliphatic rings. The predicted molar refractivity (Wildman–Crippen MR) is 101 cm³/mol. The van der Waals surface area contributed by atoms with Crippen molar-refractivity contribution < 1.29 is 13.6 Å². The lowest BCUT2D eigenvalue weighted by molar-refractivity contribution is -0.131. The van der Waals surface area contributed by atoms with Crippen LogP contribution in [0.1, 0.15) is 12.3 Å². The van der Waals surface area contributed by atoms with E-state index in [4.69, 9.17) is 4.42 Å². The minimum atomic E-state index is -0.417. The Morgan fingerprint density at radius 1 is 1.04 bits per heavy atom. The summed E-state index contributed by atoms with van der Waals surface area (Å²) < 4.78 is 19.3. The fraction of sp³-hybridized carbons (Fsp3) is 0.300. The van der Waals surface area contributed by atoms with Crippen LogP contribution in [0.5, 0.6) is 0 Å². The van der Waals surface area contributed by atoms with Gasteiger partial charge in [0.25, 0.3) is 5.89 Å². The lowest BCUT2D eigenvalue weighted by atomic mass is 10.2. The van der Waals surface area contributed by atoms with Crippen molar-refractivity contribution in [1.82, 2.24) is 20.1 Å². The van der Waals surface area contributed by atoms with Crippen LogP contribution in [0.3, 0.4) is 0 Å². The zero-order chi connectivity index (χ0) is 19.3. The SMILES string of the molecule is O=C(CCc1nnc(-c2ccccc2F)o1)N1CCN(c2ccccn2)CC1. The molecular weight excluding hydrogens is 361 g/mol. The number of pyridine rings is 1. The van der Waals surface area contributed by atoms with E-state index in [0.717, 1.165) is 18.9 Å². The van der Waals surface area contributed by atoms with Gasteiger partial charge in [-0.05, 0) is 24.3 Å². The van der Waals surface area contributed by atoms with Gasteiger partial charge in [-0.3, -0.25) is 4.79 Å². The van der Waals surface area contributed by atoms with Crippen LogP contribution in [0.4, 0.5) is 10.2 Å². The lowest BCUT2D eigenvalue weighted by Crippen LogP contribution is -2.49. The molecule has 1 aliphatic heterocycles. The summed E-state index contributed by atoms with van der Waals surface area (Å²) in [7, 11) is 0. The van der Waals surface area contributed by atoms with Crippen LogP contribution in [0.2, 0.25) is 0 Å². The van der Waals surface area contributed by atoms with E-state index in [9.17, 15) is 9.18 Å². The number of hydrogen-bond acceptors (Lipinski definition) is 6. The van der Waals surface area contributed by atoms with Crippen LogP contribution in [0.25, 0.3) is 11.5 Å². The third-order valence-electron chi connectivity index (χ3n) is 4.73. The topological polar surface area (TPSA) is 75.4 Å². The van der Waals surface area contributed by atoms with Gasteiger partial charge in [0.1, 0.15) is 11.6 Å². The molecule has 0 saturated carbocycles. The van der Waals surface area contributed by atoms with E-state index < -0.39 is 5.82 Å². The standard InChI is InChI=1S/C20H20FN5O2/c21-16-6-2-1-5-15(16)20-24-23-18(28-20)8-9-19(27)26-13-11-25(12-14-26)17-7-3-4-10-22-17/h1-7,10H,8-9,11-14H2. The fourth-order valence-electron chi connectivity index (χ4n) is 3.20. The summed E-state index contributed by atoms with van der Waals surface area (Å²) in [6.45, 7) is 2.81. The van der Waals surface area contributed by atoms with Crippen molar-refractivity contribution in [2.75, 3.05) is 31.1 Å². The van der Waals surface area contributed by atoms with E-state index in [1.807, 2.05) is 23.1 Å². The normalized spacial score (nSPS) is 14.3. The summed E-state index contributed by atoms with van der Waals surface area (Å²) in [4.78, 5) is 20.8. The molecule has 4 rings (SSSR count). The maximum atomic E-state index is 13.8. The summed E-state index contributed by atoms with van der Waals surface area (Å²) in [5, 5.41) is 7.82. The molecule has 0 aliphatic carbocycles. The number of nitrogens with zero attached hydrogens (tertiary/aromatic N) is 5. The molecule has 1 fully saturated rings. The van der Waals surface area contributed by atoms with Gasteiger partial charge in [-0.25, -0.2) is 9.37 Å². The largest absolute Gasteiger partial charge is 0.421 e. The van der Waals surface area contributed by atoms with Gasteiger partial charge in [0.15, 0.2) is 0 Å². The monoisotopic (exact) mass is 381 g/mol. The Kier molecular flexibility index (Phi) is 5.27. The summed E-state index contributed by atoms with van der Waals surface area (Å²) >= 11 is 0. The minimum Gasteiger partial charge on any atom is -0.421 e. The molecule has 3 aromatic rings. The van der Waals surface area contributed by atoms with Crippen molar-refractivity contribution in [3.05, 3.63) is 60.4 Å². The Balaban J connectivity index is 1.29. The van der Waals surface area contributed by atoms with Crippen LogP contribution in [-0.2, 0) is 11.2 Å². The van der Waals surface area contributed by atoms with Crippen LogP contribution >= 0.6 is 0 Å². The number of halogens is 1. The molecule has 28 heavy (non-hydrogen) atoms. The van der Waals surface area contributed by atoms with Gasteiger partial charge in [-0.1, -0.05) is 18.2 Å². The Hall–Kier alpha value is -3.29. The molecule has 7 nitrogen and oxygen atoms in total. The third kappa shape index (κ3) is 4.00. The Bertz CT molecular complexity index is 939. The number of carbonyl (C=O) groups excluding carboxylic acids is 1.